The molecule has 3 N–H and O–H groups in total. The molecule has 0 fully saturated rings. The molecule has 0 amide bonds. The first-order valence-corrected chi connectivity index (χ1v) is 4.41. The highest BCUT2D eigenvalue weighted by molar-refractivity contribution is 5.81. The largest absolute Gasteiger partial charge is 0.369 e. The van der Waals surface area contributed by atoms with Gasteiger partial charge in [-0.2, -0.15) is 4.99 Å². The van der Waals surface area contributed by atoms with E-state index >= 15 is 0 Å². The minimum Gasteiger partial charge on any atom is -0.369 e. The van der Waals surface area contributed by atoms with Gasteiger partial charge in [0.2, 0.25) is 5.96 Å². The summed E-state index contributed by atoms with van der Waals surface area (Å²) in [5.74, 6) is 1.71. The highest BCUT2D eigenvalue weighted by Crippen LogP contribution is 2.06. The SMILES string of the molecule is C=C1N=C(N)N(CC)C(=C)N1.CC. The Hall–Kier alpha value is -1.45. The van der Waals surface area contributed by atoms with Crippen molar-refractivity contribution in [3.63, 3.8) is 0 Å². The third kappa shape index (κ3) is 2.82. The molecular weight excluding hydrogens is 164 g/mol. The molecule has 1 rings (SSSR count). The molecule has 1 aliphatic rings. The first kappa shape index (κ1) is 11.6. The maximum atomic E-state index is 5.58. The molecule has 0 aromatic heterocycles. The lowest BCUT2D eigenvalue weighted by Gasteiger charge is -2.28. The summed E-state index contributed by atoms with van der Waals surface area (Å²) in [5, 5.41) is 2.88. The fourth-order valence-corrected chi connectivity index (χ4v) is 0.952. The fraction of sp³-hybridized carbons (Fsp3) is 0.444. The zero-order valence-corrected chi connectivity index (χ0v) is 8.59. The molecule has 0 saturated carbocycles. The predicted molar refractivity (Wildman–Crippen MR) is 56.8 cm³/mol. The van der Waals surface area contributed by atoms with E-state index in [1.807, 2.05) is 20.8 Å². The topological polar surface area (TPSA) is 53.6 Å². The van der Waals surface area contributed by atoms with Gasteiger partial charge < -0.3 is 11.1 Å². The summed E-state index contributed by atoms with van der Waals surface area (Å²) in [4.78, 5) is 5.71. The molecule has 4 nitrogen and oxygen atoms in total. The lowest BCUT2D eigenvalue weighted by molar-refractivity contribution is 0.485. The standard InChI is InChI=1S/C7H12N4.C2H6/c1-4-11-6(3)9-5(2)10-7(11)8;1-2/h9H,2-4H2,1H3,(H2,8,10);1-2H3. The van der Waals surface area contributed by atoms with Crippen LogP contribution >= 0.6 is 0 Å². The quantitative estimate of drug-likeness (QED) is 0.640. The van der Waals surface area contributed by atoms with Crippen molar-refractivity contribution in [3.8, 4) is 0 Å². The van der Waals surface area contributed by atoms with Crippen molar-refractivity contribution in [3.05, 3.63) is 24.8 Å². The van der Waals surface area contributed by atoms with Crippen molar-refractivity contribution in [1.29, 1.82) is 0 Å². The van der Waals surface area contributed by atoms with Gasteiger partial charge in [0.1, 0.15) is 11.6 Å². The summed E-state index contributed by atoms with van der Waals surface area (Å²) in [5.41, 5.74) is 5.58. The second kappa shape index (κ2) is 5.24. The van der Waals surface area contributed by atoms with Crippen LogP contribution in [0.15, 0.2) is 29.8 Å². The summed E-state index contributed by atoms with van der Waals surface area (Å²) < 4.78 is 0. The van der Waals surface area contributed by atoms with Crippen LogP contribution in [0.2, 0.25) is 0 Å². The Morgan fingerprint density at radius 1 is 1.46 bits per heavy atom. The molecule has 0 saturated heterocycles. The summed E-state index contributed by atoms with van der Waals surface area (Å²) in [7, 11) is 0. The van der Waals surface area contributed by atoms with E-state index in [1.165, 1.54) is 0 Å². The number of rotatable bonds is 1. The fourth-order valence-electron chi connectivity index (χ4n) is 0.952. The minimum atomic E-state index is 0.446. The molecule has 0 radical (unpaired) electrons. The van der Waals surface area contributed by atoms with Crippen LogP contribution < -0.4 is 11.1 Å². The van der Waals surface area contributed by atoms with Gasteiger partial charge >= 0.3 is 0 Å². The van der Waals surface area contributed by atoms with E-state index in [0.29, 0.717) is 11.8 Å². The third-order valence-corrected chi connectivity index (χ3v) is 1.46. The van der Waals surface area contributed by atoms with Crippen LogP contribution in [-0.4, -0.2) is 17.4 Å². The molecule has 13 heavy (non-hydrogen) atoms. The Bertz CT molecular complexity index is 230. The number of nitrogens with one attached hydrogen (secondary N) is 1. The van der Waals surface area contributed by atoms with Crippen molar-refractivity contribution in [2.24, 2.45) is 10.7 Å². The van der Waals surface area contributed by atoms with Crippen LogP contribution in [0.5, 0.6) is 0 Å². The van der Waals surface area contributed by atoms with Gasteiger partial charge in [0.05, 0.1) is 0 Å². The van der Waals surface area contributed by atoms with Crippen LogP contribution in [0.4, 0.5) is 0 Å². The zero-order chi connectivity index (χ0) is 10.4. The van der Waals surface area contributed by atoms with E-state index in [0.717, 1.165) is 12.4 Å². The van der Waals surface area contributed by atoms with Gasteiger partial charge in [0, 0.05) is 6.54 Å². The van der Waals surface area contributed by atoms with Crippen molar-refractivity contribution in [2.75, 3.05) is 6.54 Å². The van der Waals surface area contributed by atoms with Crippen molar-refractivity contribution < 1.29 is 0 Å². The van der Waals surface area contributed by atoms with E-state index in [9.17, 15) is 0 Å². The normalized spacial score (nSPS) is 15.6. The molecule has 0 atom stereocenters. The van der Waals surface area contributed by atoms with Crippen molar-refractivity contribution >= 4 is 5.96 Å². The zero-order valence-electron chi connectivity index (χ0n) is 8.59. The van der Waals surface area contributed by atoms with Crippen LogP contribution in [0.3, 0.4) is 0 Å². The first-order valence-electron chi connectivity index (χ1n) is 4.41. The van der Waals surface area contributed by atoms with Gasteiger partial charge in [-0.1, -0.05) is 27.0 Å². The number of nitrogens with two attached hydrogens (primary N) is 1. The number of aliphatic imine (C=N–C) groups is 1. The van der Waals surface area contributed by atoms with Gasteiger partial charge in [-0.15, -0.1) is 0 Å². The molecule has 0 aromatic carbocycles. The number of guanidine groups is 1. The summed E-state index contributed by atoms with van der Waals surface area (Å²) >= 11 is 0. The Morgan fingerprint density at radius 3 is 2.38 bits per heavy atom. The van der Waals surface area contributed by atoms with E-state index in [4.69, 9.17) is 5.73 Å². The molecule has 0 unspecified atom stereocenters. The smallest absolute Gasteiger partial charge is 0.203 e. The Morgan fingerprint density at radius 2 is 2.00 bits per heavy atom. The molecule has 74 valence electrons. The van der Waals surface area contributed by atoms with E-state index in [-0.39, 0.29) is 0 Å². The molecule has 0 aliphatic carbocycles. The second-order valence-electron chi connectivity index (χ2n) is 2.23. The minimum absolute atomic E-state index is 0.446. The van der Waals surface area contributed by atoms with E-state index in [1.54, 1.807) is 4.90 Å². The van der Waals surface area contributed by atoms with Gasteiger partial charge in [0.25, 0.3) is 0 Å². The average Bonchev–Trinajstić information content (AvgIpc) is 2.07. The lowest BCUT2D eigenvalue weighted by atomic mass is 10.5. The van der Waals surface area contributed by atoms with Crippen molar-refractivity contribution in [2.45, 2.75) is 20.8 Å². The van der Waals surface area contributed by atoms with Crippen molar-refractivity contribution in [1.82, 2.24) is 10.2 Å². The molecule has 1 aliphatic heterocycles. The van der Waals surface area contributed by atoms with Gasteiger partial charge in [-0.05, 0) is 6.92 Å². The first-order chi connectivity index (χ1) is 6.15. The van der Waals surface area contributed by atoms with Crippen LogP contribution in [-0.2, 0) is 0 Å². The van der Waals surface area contributed by atoms with Gasteiger partial charge in [-0.25, -0.2) is 0 Å². The maximum Gasteiger partial charge on any atom is 0.203 e. The highest BCUT2D eigenvalue weighted by Gasteiger charge is 2.14. The monoisotopic (exact) mass is 182 g/mol. The lowest BCUT2D eigenvalue weighted by Crippen LogP contribution is -2.44. The van der Waals surface area contributed by atoms with E-state index < -0.39 is 0 Å². The molecule has 4 heteroatoms. The summed E-state index contributed by atoms with van der Waals surface area (Å²) in [6.45, 7) is 14.1. The highest BCUT2D eigenvalue weighted by atomic mass is 15.4. The maximum absolute atomic E-state index is 5.58. The predicted octanol–water partition coefficient (Wildman–Crippen LogP) is 1.19. The Balaban J connectivity index is 0.000000671. The molecular formula is C9H18N4. The third-order valence-electron chi connectivity index (χ3n) is 1.46. The van der Waals surface area contributed by atoms with Gasteiger partial charge in [-0.3, -0.25) is 4.90 Å². The Kier molecular flexibility index (Phi) is 4.66. The summed E-state index contributed by atoms with van der Waals surface area (Å²) in [6.07, 6.45) is 0. The van der Waals surface area contributed by atoms with Crippen LogP contribution in [0.25, 0.3) is 0 Å². The van der Waals surface area contributed by atoms with Crippen LogP contribution in [0, 0.1) is 0 Å². The molecule has 0 bridgehead atoms. The summed E-state index contributed by atoms with van der Waals surface area (Å²) in [6, 6.07) is 0. The number of hydrogen-bond acceptors (Lipinski definition) is 4. The molecule has 1 heterocycles. The number of nitrogens with zero attached hydrogens (tertiary/aromatic N) is 2. The van der Waals surface area contributed by atoms with Crippen LogP contribution in [0.1, 0.15) is 20.8 Å². The number of hydrogen-bond donors (Lipinski definition) is 2. The van der Waals surface area contributed by atoms with Gasteiger partial charge in [0.15, 0.2) is 0 Å². The second-order valence-corrected chi connectivity index (χ2v) is 2.23. The Labute approximate surface area is 79.8 Å². The average molecular weight is 182 g/mol. The molecule has 0 aromatic rings. The van der Waals surface area contributed by atoms with E-state index in [2.05, 4.69) is 23.5 Å². The molecule has 0 spiro atoms.